The first kappa shape index (κ1) is 24.9. The molecule has 2 heteroatoms. The maximum Gasteiger partial charge on any atom is 0.160 e. The first-order valence-corrected chi connectivity index (χ1v) is 15.1. The van der Waals surface area contributed by atoms with Gasteiger partial charge in [-0.25, -0.2) is 9.97 Å². The van der Waals surface area contributed by atoms with Gasteiger partial charge in [-0.3, -0.25) is 0 Å². The highest BCUT2D eigenvalue weighted by atomic mass is 14.9. The van der Waals surface area contributed by atoms with Crippen LogP contribution in [-0.4, -0.2) is 9.97 Å². The van der Waals surface area contributed by atoms with Crippen LogP contribution in [0.3, 0.4) is 0 Å². The van der Waals surface area contributed by atoms with Gasteiger partial charge in [0, 0.05) is 22.1 Å². The van der Waals surface area contributed by atoms with Crippen LogP contribution in [0.15, 0.2) is 133 Å². The molecule has 6 aromatic rings. The summed E-state index contributed by atoms with van der Waals surface area (Å²) in [6.07, 6.45) is 6.43. The molecule has 0 radical (unpaired) electrons. The predicted octanol–water partition coefficient (Wildman–Crippen LogP) is 10.4. The van der Waals surface area contributed by atoms with Crippen LogP contribution in [0.1, 0.15) is 43.2 Å². The quantitative estimate of drug-likeness (QED) is 0.222. The molecule has 0 amide bonds. The molecule has 0 bridgehead atoms. The molecule has 0 unspecified atom stereocenters. The van der Waals surface area contributed by atoms with Gasteiger partial charge in [-0.15, -0.1) is 0 Å². The molecule has 2 aliphatic carbocycles. The fraction of sp³-hybridized carbons (Fsp3) is 0.150. The number of aromatic nitrogens is 2. The van der Waals surface area contributed by atoms with Gasteiger partial charge in [-0.2, -0.15) is 0 Å². The van der Waals surface area contributed by atoms with Crippen molar-refractivity contribution in [3.63, 3.8) is 0 Å². The number of hydrogen-bond acceptors (Lipinski definition) is 2. The number of benzene rings is 5. The number of fused-ring (bicyclic) bond motifs is 5. The van der Waals surface area contributed by atoms with E-state index in [2.05, 4.69) is 109 Å². The van der Waals surface area contributed by atoms with Crippen LogP contribution in [0.25, 0.3) is 56.2 Å². The molecular weight excluding hydrogens is 508 g/mol. The van der Waals surface area contributed by atoms with Crippen molar-refractivity contribution in [3.05, 3.63) is 145 Å². The smallest absolute Gasteiger partial charge is 0.160 e. The lowest BCUT2D eigenvalue weighted by Gasteiger charge is -2.36. The molecule has 5 aromatic carbocycles. The monoisotopic (exact) mass is 540 g/mol. The summed E-state index contributed by atoms with van der Waals surface area (Å²) in [5.74, 6) is 0.742. The highest BCUT2D eigenvalue weighted by Crippen LogP contribution is 2.56. The molecule has 0 atom stereocenters. The molecule has 1 saturated carbocycles. The van der Waals surface area contributed by atoms with E-state index in [-0.39, 0.29) is 5.41 Å². The van der Waals surface area contributed by atoms with E-state index in [0.717, 1.165) is 33.9 Å². The average molecular weight is 541 g/mol. The molecule has 1 spiro atoms. The molecule has 8 rings (SSSR count). The predicted molar refractivity (Wildman–Crippen MR) is 173 cm³/mol. The summed E-state index contributed by atoms with van der Waals surface area (Å²) in [7, 11) is 0. The Hall–Kier alpha value is -4.82. The second-order valence-electron chi connectivity index (χ2n) is 11.7. The molecule has 42 heavy (non-hydrogen) atoms. The Bertz CT molecular complexity index is 1840. The molecule has 0 saturated heterocycles. The van der Waals surface area contributed by atoms with E-state index in [0.29, 0.717) is 0 Å². The largest absolute Gasteiger partial charge is 0.228 e. The Morgan fingerprint density at radius 1 is 0.405 bits per heavy atom. The third kappa shape index (κ3) is 4.18. The third-order valence-electron chi connectivity index (χ3n) is 9.29. The van der Waals surface area contributed by atoms with Gasteiger partial charge in [0.1, 0.15) is 0 Å². The van der Waals surface area contributed by atoms with E-state index in [1.54, 1.807) is 0 Å². The van der Waals surface area contributed by atoms with Crippen molar-refractivity contribution < 1.29 is 0 Å². The maximum absolute atomic E-state index is 5.08. The van der Waals surface area contributed by atoms with Crippen LogP contribution in [0, 0.1) is 0 Å². The molecule has 1 fully saturated rings. The SMILES string of the molecule is c1ccc(-c2cc(-c3cccc(-c4ccc5c(c4)C4(CCCCC4)c4ccccc4-5)c3)nc(-c3ccccc3)n2)cc1. The van der Waals surface area contributed by atoms with Gasteiger partial charge in [0.05, 0.1) is 11.4 Å². The third-order valence-corrected chi connectivity index (χ3v) is 9.29. The highest BCUT2D eigenvalue weighted by molar-refractivity contribution is 5.85. The molecule has 1 aromatic heterocycles. The lowest BCUT2D eigenvalue weighted by molar-refractivity contribution is 0.353. The normalized spacial score (nSPS) is 14.9. The summed E-state index contributed by atoms with van der Waals surface area (Å²) in [4.78, 5) is 10.1. The molecule has 2 nitrogen and oxygen atoms in total. The van der Waals surface area contributed by atoms with E-state index in [9.17, 15) is 0 Å². The minimum Gasteiger partial charge on any atom is -0.228 e. The Balaban J connectivity index is 1.24. The zero-order valence-electron chi connectivity index (χ0n) is 23.6. The zero-order valence-corrected chi connectivity index (χ0v) is 23.6. The lowest BCUT2D eigenvalue weighted by Crippen LogP contribution is -2.28. The summed E-state index contributed by atoms with van der Waals surface area (Å²) >= 11 is 0. The van der Waals surface area contributed by atoms with Crippen molar-refractivity contribution in [1.29, 1.82) is 0 Å². The van der Waals surface area contributed by atoms with Gasteiger partial charge in [-0.05, 0) is 64.4 Å². The van der Waals surface area contributed by atoms with Gasteiger partial charge >= 0.3 is 0 Å². The van der Waals surface area contributed by atoms with Crippen molar-refractivity contribution in [2.24, 2.45) is 0 Å². The van der Waals surface area contributed by atoms with Gasteiger partial charge in [0.2, 0.25) is 0 Å². The standard InChI is InChI=1S/C40H32N2/c1-4-13-28(14-5-1)37-27-38(42-39(41-37)29-15-6-2-7-16-29)32-18-12-17-30(25-32)31-21-22-34-33-19-8-9-20-35(33)40(36(34)26-31)23-10-3-11-24-40/h1-2,4-9,12-22,25-27H,3,10-11,23-24H2. The van der Waals surface area contributed by atoms with Crippen molar-refractivity contribution in [1.82, 2.24) is 9.97 Å². The van der Waals surface area contributed by atoms with Crippen molar-refractivity contribution in [3.8, 4) is 56.2 Å². The minimum atomic E-state index is 0.152. The van der Waals surface area contributed by atoms with Gasteiger partial charge in [0.25, 0.3) is 0 Å². The maximum atomic E-state index is 5.08. The summed E-state index contributed by atoms with van der Waals surface area (Å²) in [5.41, 5.74) is 13.6. The fourth-order valence-electron chi connectivity index (χ4n) is 7.26. The first-order chi connectivity index (χ1) is 20.8. The molecule has 0 aliphatic heterocycles. The van der Waals surface area contributed by atoms with Crippen LogP contribution in [0.4, 0.5) is 0 Å². The van der Waals surface area contributed by atoms with Crippen LogP contribution in [0.5, 0.6) is 0 Å². The molecule has 0 N–H and O–H groups in total. The van der Waals surface area contributed by atoms with Crippen molar-refractivity contribution in [2.45, 2.75) is 37.5 Å². The molecule has 1 heterocycles. The molecule has 2 aliphatic rings. The Kier molecular flexibility index (Phi) is 6.07. The average Bonchev–Trinajstić information content (AvgIpc) is 3.34. The van der Waals surface area contributed by atoms with E-state index in [1.165, 1.54) is 65.5 Å². The summed E-state index contributed by atoms with van der Waals surface area (Å²) in [6.45, 7) is 0. The van der Waals surface area contributed by atoms with Gasteiger partial charge < -0.3 is 0 Å². The number of rotatable bonds is 4. The van der Waals surface area contributed by atoms with Crippen LogP contribution >= 0.6 is 0 Å². The molecule has 202 valence electrons. The Morgan fingerprint density at radius 3 is 1.79 bits per heavy atom. The second-order valence-corrected chi connectivity index (χ2v) is 11.7. The van der Waals surface area contributed by atoms with Gasteiger partial charge in [0.15, 0.2) is 5.82 Å². The van der Waals surface area contributed by atoms with Crippen LogP contribution in [0.2, 0.25) is 0 Å². The lowest BCUT2D eigenvalue weighted by atomic mass is 9.67. The summed E-state index contributed by atoms with van der Waals surface area (Å²) in [5, 5.41) is 0. The summed E-state index contributed by atoms with van der Waals surface area (Å²) in [6, 6.07) is 47.9. The number of nitrogens with zero attached hydrogens (tertiary/aromatic N) is 2. The van der Waals surface area contributed by atoms with Crippen LogP contribution < -0.4 is 0 Å². The zero-order chi connectivity index (χ0) is 27.9. The number of hydrogen-bond donors (Lipinski definition) is 0. The van der Waals surface area contributed by atoms with Crippen molar-refractivity contribution in [2.75, 3.05) is 0 Å². The van der Waals surface area contributed by atoms with Crippen molar-refractivity contribution >= 4 is 0 Å². The van der Waals surface area contributed by atoms with E-state index in [4.69, 9.17) is 9.97 Å². The Morgan fingerprint density at radius 2 is 1.00 bits per heavy atom. The second kappa shape index (κ2) is 10.2. The summed E-state index contributed by atoms with van der Waals surface area (Å²) < 4.78 is 0. The molecular formula is C40H32N2. The van der Waals surface area contributed by atoms with E-state index < -0.39 is 0 Å². The van der Waals surface area contributed by atoms with E-state index >= 15 is 0 Å². The minimum absolute atomic E-state index is 0.152. The fourth-order valence-corrected chi connectivity index (χ4v) is 7.26. The topological polar surface area (TPSA) is 25.8 Å². The Labute approximate surface area is 247 Å². The van der Waals surface area contributed by atoms with E-state index in [1.807, 2.05) is 24.3 Å². The highest BCUT2D eigenvalue weighted by Gasteiger charge is 2.43. The van der Waals surface area contributed by atoms with Gasteiger partial charge in [-0.1, -0.05) is 135 Å². The first-order valence-electron chi connectivity index (χ1n) is 15.1. The van der Waals surface area contributed by atoms with Crippen LogP contribution in [-0.2, 0) is 5.41 Å².